The third kappa shape index (κ3) is 5.00. The molecule has 2 atom stereocenters. The highest BCUT2D eigenvalue weighted by atomic mass is 16.5. The lowest BCUT2D eigenvalue weighted by molar-refractivity contribution is -0.147. The minimum atomic E-state index is -0.795. The molecule has 2 aromatic rings. The highest BCUT2D eigenvalue weighted by molar-refractivity contribution is 5.99. The van der Waals surface area contributed by atoms with Crippen LogP contribution < -0.4 is 10.1 Å². The molecule has 0 saturated carbocycles. The molecule has 0 aliphatic heterocycles. The van der Waals surface area contributed by atoms with Gasteiger partial charge in [-0.15, -0.1) is 0 Å². The summed E-state index contributed by atoms with van der Waals surface area (Å²) in [6, 6.07) is 10.1. The number of ether oxygens (including phenoxy) is 3. The van der Waals surface area contributed by atoms with Crippen LogP contribution in [0.2, 0.25) is 0 Å². The number of nitrogens with one attached hydrogen (secondary N) is 1. The largest absolute Gasteiger partial charge is 0.496 e. The van der Waals surface area contributed by atoms with E-state index < -0.39 is 30.5 Å². The summed E-state index contributed by atoms with van der Waals surface area (Å²) in [5.74, 6) is -1.56. The molecular formula is C21H25NO6. The van der Waals surface area contributed by atoms with Gasteiger partial charge in [0.2, 0.25) is 0 Å². The third-order valence-electron chi connectivity index (χ3n) is 4.61. The fourth-order valence-corrected chi connectivity index (χ4v) is 2.77. The fraction of sp³-hybridized carbons (Fsp3) is 0.381. The second-order valence-electron chi connectivity index (χ2n) is 6.43. The van der Waals surface area contributed by atoms with Crippen LogP contribution in [0.15, 0.2) is 36.4 Å². The third-order valence-corrected chi connectivity index (χ3v) is 4.61. The molecule has 0 aromatic heterocycles. The van der Waals surface area contributed by atoms with E-state index in [0.29, 0.717) is 12.2 Å². The van der Waals surface area contributed by atoms with Crippen LogP contribution in [-0.4, -0.2) is 44.7 Å². The maximum atomic E-state index is 12.5. The summed E-state index contributed by atoms with van der Waals surface area (Å²) in [6.07, 6.45) is 0.675. The average molecular weight is 387 g/mol. The number of carbonyl (C=O) groups excluding carboxylic acids is 3. The highest BCUT2D eigenvalue weighted by Crippen LogP contribution is 2.26. The number of esters is 2. The lowest BCUT2D eigenvalue weighted by Crippen LogP contribution is -2.47. The molecule has 2 rings (SSSR count). The quantitative estimate of drug-likeness (QED) is 0.701. The van der Waals surface area contributed by atoms with E-state index in [0.717, 1.165) is 10.8 Å². The molecule has 0 fully saturated rings. The maximum absolute atomic E-state index is 12.5. The van der Waals surface area contributed by atoms with E-state index in [4.69, 9.17) is 14.2 Å². The van der Waals surface area contributed by atoms with Gasteiger partial charge in [0, 0.05) is 0 Å². The topological polar surface area (TPSA) is 90.9 Å². The van der Waals surface area contributed by atoms with Crippen molar-refractivity contribution >= 4 is 28.6 Å². The molecule has 0 aliphatic rings. The predicted octanol–water partition coefficient (Wildman–Crippen LogP) is 2.71. The van der Waals surface area contributed by atoms with Crippen LogP contribution in [0.1, 0.15) is 30.6 Å². The lowest BCUT2D eigenvalue weighted by Gasteiger charge is -2.21. The normalized spacial score (nSPS) is 12.7. The zero-order valence-electron chi connectivity index (χ0n) is 16.5. The molecule has 0 unspecified atom stereocenters. The average Bonchev–Trinajstić information content (AvgIpc) is 2.73. The Bertz CT molecular complexity index is 863. The summed E-state index contributed by atoms with van der Waals surface area (Å²) in [5, 5.41) is 4.33. The first-order chi connectivity index (χ1) is 13.4. The zero-order valence-corrected chi connectivity index (χ0v) is 16.5. The van der Waals surface area contributed by atoms with Gasteiger partial charge < -0.3 is 19.5 Å². The molecule has 2 aromatic carbocycles. The van der Waals surface area contributed by atoms with Crippen LogP contribution in [0.25, 0.3) is 10.8 Å². The molecule has 7 nitrogen and oxygen atoms in total. The van der Waals surface area contributed by atoms with Crippen LogP contribution in [0.3, 0.4) is 0 Å². The molecule has 28 heavy (non-hydrogen) atoms. The van der Waals surface area contributed by atoms with E-state index in [1.165, 1.54) is 14.2 Å². The van der Waals surface area contributed by atoms with Gasteiger partial charge in [-0.2, -0.15) is 0 Å². The van der Waals surface area contributed by atoms with Crippen LogP contribution in [0.4, 0.5) is 0 Å². The van der Waals surface area contributed by atoms with E-state index in [1.807, 2.05) is 38.1 Å². The Kier molecular flexibility index (Phi) is 7.37. The first-order valence-corrected chi connectivity index (χ1v) is 9.02. The Morgan fingerprint density at radius 1 is 1.07 bits per heavy atom. The summed E-state index contributed by atoms with van der Waals surface area (Å²) >= 11 is 0. The molecule has 7 heteroatoms. The van der Waals surface area contributed by atoms with Crippen LogP contribution in [-0.2, 0) is 19.1 Å². The van der Waals surface area contributed by atoms with Crippen LogP contribution in [0, 0.1) is 5.92 Å². The van der Waals surface area contributed by atoms with E-state index in [2.05, 4.69) is 5.32 Å². The molecule has 1 amide bonds. The molecule has 1 N–H and O–H groups in total. The predicted molar refractivity (Wildman–Crippen MR) is 104 cm³/mol. The first kappa shape index (κ1) is 21.2. The van der Waals surface area contributed by atoms with Gasteiger partial charge >= 0.3 is 11.9 Å². The number of hydrogen-bond acceptors (Lipinski definition) is 6. The van der Waals surface area contributed by atoms with Gasteiger partial charge in [-0.25, -0.2) is 9.59 Å². The van der Waals surface area contributed by atoms with Crippen molar-refractivity contribution in [1.29, 1.82) is 0 Å². The molecule has 0 heterocycles. The van der Waals surface area contributed by atoms with E-state index >= 15 is 0 Å². The lowest BCUT2D eigenvalue weighted by atomic mass is 9.99. The van der Waals surface area contributed by atoms with Crippen molar-refractivity contribution in [3.05, 3.63) is 42.0 Å². The van der Waals surface area contributed by atoms with Crippen LogP contribution in [0.5, 0.6) is 5.75 Å². The number of fused-ring (bicyclic) bond motifs is 1. The van der Waals surface area contributed by atoms with Gasteiger partial charge in [-0.1, -0.05) is 44.5 Å². The Balaban J connectivity index is 2.07. The van der Waals surface area contributed by atoms with Crippen molar-refractivity contribution in [2.24, 2.45) is 5.92 Å². The summed E-state index contributed by atoms with van der Waals surface area (Å²) in [4.78, 5) is 36.5. The molecule has 0 bridgehead atoms. The molecule has 0 saturated heterocycles. The number of hydrogen-bond donors (Lipinski definition) is 1. The SMILES string of the molecule is CC[C@H](C)[C@H](NC(=O)COC(=O)c1cc2ccccc2cc1OC)C(=O)OC. The molecule has 150 valence electrons. The van der Waals surface area contributed by atoms with Crippen molar-refractivity contribution in [3.63, 3.8) is 0 Å². The van der Waals surface area contributed by atoms with Gasteiger partial charge in [-0.3, -0.25) is 4.79 Å². The van der Waals surface area contributed by atoms with Crippen molar-refractivity contribution in [2.75, 3.05) is 20.8 Å². The second kappa shape index (κ2) is 9.73. The number of carbonyl (C=O) groups is 3. The van der Waals surface area contributed by atoms with Crippen molar-refractivity contribution in [1.82, 2.24) is 5.32 Å². The van der Waals surface area contributed by atoms with Gasteiger partial charge in [0.05, 0.1) is 14.2 Å². The van der Waals surface area contributed by atoms with E-state index in [9.17, 15) is 14.4 Å². The first-order valence-electron chi connectivity index (χ1n) is 9.02. The summed E-state index contributed by atoms with van der Waals surface area (Å²) in [7, 11) is 2.72. The number of rotatable bonds is 8. The second-order valence-corrected chi connectivity index (χ2v) is 6.43. The zero-order chi connectivity index (χ0) is 20.7. The number of benzene rings is 2. The molecule has 0 aliphatic carbocycles. The van der Waals surface area contributed by atoms with Crippen LogP contribution >= 0.6 is 0 Å². The Labute approximate surface area is 164 Å². The minimum Gasteiger partial charge on any atom is -0.496 e. The maximum Gasteiger partial charge on any atom is 0.342 e. The van der Waals surface area contributed by atoms with Gasteiger partial charge in [-0.05, 0) is 28.8 Å². The minimum absolute atomic E-state index is 0.118. The van der Waals surface area contributed by atoms with E-state index in [-0.39, 0.29) is 11.5 Å². The monoisotopic (exact) mass is 387 g/mol. The van der Waals surface area contributed by atoms with Crippen molar-refractivity contribution in [2.45, 2.75) is 26.3 Å². The van der Waals surface area contributed by atoms with E-state index in [1.54, 1.807) is 12.1 Å². The van der Waals surface area contributed by atoms with Crippen molar-refractivity contribution in [3.8, 4) is 5.75 Å². The van der Waals surface area contributed by atoms with Gasteiger partial charge in [0.1, 0.15) is 17.4 Å². The smallest absolute Gasteiger partial charge is 0.342 e. The molecular weight excluding hydrogens is 362 g/mol. The number of methoxy groups -OCH3 is 2. The molecule has 0 radical (unpaired) electrons. The summed E-state index contributed by atoms with van der Waals surface area (Å²) in [6.45, 7) is 3.21. The Hall–Kier alpha value is -3.09. The standard InChI is InChI=1S/C21H25NO6/c1-5-13(2)19(21(25)27-4)22-18(23)12-28-20(24)16-10-14-8-6-7-9-15(14)11-17(16)26-3/h6-11,13,19H,5,12H2,1-4H3,(H,22,23)/t13-,19-/m0/s1. The van der Waals surface area contributed by atoms with Crippen molar-refractivity contribution < 1.29 is 28.6 Å². The Morgan fingerprint density at radius 3 is 2.29 bits per heavy atom. The highest BCUT2D eigenvalue weighted by Gasteiger charge is 2.27. The summed E-state index contributed by atoms with van der Waals surface area (Å²) in [5.41, 5.74) is 0.223. The van der Waals surface area contributed by atoms with Gasteiger partial charge in [0.15, 0.2) is 6.61 Å². The number of amides is 1. The summed E-state index contributed by atoms with van der Waals surface area (Å²) < 4.78 is 15.1. The molecule has 0 spiro atoms. The Morgan fingerprint density at radius 2 is 1.71 bits per heavy atom. The fourth-order valence-electron chi connectivity index (χ4n) is 2.77. The van der Waals surface area contributed by atoms with Gasteiger partial charge in [0.25, 0.3) is 5.91 Å².